The number of fused-ring (bicyclic) bond motifs is 1. The average Bonchev–Trinajstić information content (AvgIpc) is 3.16. The summed E-state index contributed by atoms with van der Waals surface area (Å²) in [5.74, 6) is 0.922. The van der Waals surface area contributed by atoms with Gasteiger partial charge in [-0.15, -0.1) is 0 Å². The summed E-state index contributed by atoms with van der Waals surface area (Å²) >= 11 is 0. The number of hydrogen-bond donors (Lipinski definition) is 2. The molecule has 1 aliphatic rings. The Kier molecular flexibility index (Phi) is 4.92. The SMILES string of the molecule is CC1=C(C(=O)Nc2ccc(C)cc2)C(c2ccc(C(C)C)cc2)n2ncnc2N1. The molecule has 3 aromatic rings. The second-order valence-corrected chi connectivity index (χ2v) is 7.74. The first-order valence-electron chi connectivity index (χ1n) is 9.79. The minimum absolute atomic E-state index is 0.155. The summed E-state index contributed by atoms with van der Waals surface area (Å²) in [6.07, 6.45) is 1.51. The highest BCUT2D eigenvalue weighted by Gasteiger charge is 2.33. The van der Waals surface area contributed by atoms with Crippen molar-refractivity contribution >= 4 is 17.5 Å². The lowest BCUT2D eigenvalue weighted by Crippen LogP contribution is -2.31. The third-order valence-corrected chi connectivity index (χ3v) is 5.27. The van der Waals surface area contributed by atoms with Crippen LogP contribution in [0.4, 0.5) is 11.6 Å². The van der Waals surface area contributed by atoms with Crippen molar-refractivity contribution in [3.05, 3.63) is 82.8 Å². The van der Waals surface area contributed by atoms with Crippen LogP contribution in [0.5, 0.6) is 0 Å². The maximum atomic E-state index is 13.3. The van der Waals surface area contributed by atoms with Gasteiger partial charge in [0.25, 0.3) is 5.91 Å². The number of anilines is 2. The molecule has 0 radical (unpaired) electrons. The molecule has 148 valence electrons. The molecule has 6 heteroatoms. The molecule has 2 heterocycles. The van der Waals surface area contributed by atoms with Gasteiger partial charge in [-0.25, -0.2) is 4.68 Å². The molecule has 29 heavy (non-hydrogen) atoms. The van der Waals surface area contributed by atoms with Gasteiger partial charge in [-0.1, -0.05) is 55.8 Å². The second kappa shape index (κ2) is 7.54. The fourth-order valence-corrected chi connectivity index (χ4v) is 3.59. The fourth-order valence-electron chi connectivity index (χ4n) is 3.59. The zero-order chi connectivity index (χ0) is 20.5. The predicted molar refractivity (Wildman–Crippen MR) is 115 cm³/mol. The molecule has 2 aromatic carbocycles. The van der Waals surface area contributed by atoms with Gasteiger partial charge in [0.1, 0.15) is 12.4 Å². The molecule has 0 bridgehead atoms. The first-order valence-corrected chi connectivity index (χ1v) is 9.79. The van der Waals surface area contributed by atoms with Crippen molar-refractivity contribution in [3.8, 4) is 0 Å². The van der Waals surface area contributed by atoms with E-state index in [1.165, 1.54) is 11.9 Å². The smallest absolute Gasteiger partial charge is 0.255 e. The van der Waals surface area contributed by atoms with Crippen molar-refractivity contribution in [2.45, 2.75) is 39.7 Å². The van der Waals surface area contributed by atoms with Crippen molar-refractivity contribution in [1.82, 2.24) is 14.8 Å². The lowest BCUT2D eigenvalue weighted by atomic mass is 9.93. The molecule has 4 rings (SSSR count). The number of aromatic nitrogens is 3. The van der Waals surface area contributed by atoms with Crippen LogP contribution in [0.25, 0.3) is 0 Å². The molecule has 1 aromatic heterocycles. The number of amides is 1. The summed E-state index contributed by atoms with van der Waals surface area (Å²) in [7, 11) is 0. The number of nitrogens with one attached hydrogen (secondary N) is 2. The van der Waals surface area contributed by atoms with E-state index in [4.69, 9.17) is 0 Å². The molecule has 2 N–H and O–H groups in total. The molecule has 6 nitrogen and oxygen atoms in total. The summed E-state index contributed by atoms with van der Waals surface area (Å²) in [6.45, 7) is 8.25. The van der Waals surface area contributed by atoms with Gasteiger partial charge in [0.15, 0.2) is 0 Å². The van der Waals surface area contributed by atoms with Crippen molar-refractivity contribution in [2.75, 3.05) is 10.6 Å². The van der Waals surface area contributed by atoms with E-state index < -0.39 is 0 Å². The zero-order valence-corrected chi connectivity index (χ0v) is 17.1. The van der Waals surface area contributed by atoms with E-state index in [-0.39, 0.29) is 11.9 Å². The Morgan fingerprint density at radius 1 is 1.07 bits per heavy atom. The van der Waals surface area contributed by atoms with E-state index in [0.717, 1.165) is 22.5 Å². The van der Waals surface area contributed by atoms with Gasteiger partial charge in [-0.05, 0) is 43.0 Å². The topological polar surface area (TPSA) is 71.8 Å². The number of hydrogen-bond acceptors (Lipinski definition) is 4. The summed E-state index contributed by atoms with van der Waals surface area (Å²) in [4.78, 5) is 17.6. The summed E-state index contributed by atoms with van der Waals surface area (Å²) in [5, 5.41) is 10.6. The van der Waals surface area contributed by atoms with E-state index in [0.29, 0.717) is 17.4 Å². The molecule has 1 aliphatic heterocycles. The number of aryl methyl sites for hydroxylation is 1. The Hall–Kier alpha value is -3.41. The Morgan fingerprint density at radius 2 is 1.76 bits per heavy atom. The number of benzene rings is 2. The molecule has 0 saturated heterocycles. The summed E-state index contributed by atoms with van der Waals surface area (Å²) in [6, 6.07) is 15.8. The maximum absolute atomic E-state index is 13.3. The summed E-state index contributed by atoms with van der Waals surface area (Å²) in [5.41, 5.74) is 5.56. The van der Waals surface area contributed by atoms with Gasteiger partial charge >= 0.3 is 0 Å². The normalized spacial score (nSPS) is 15.8. The van der Waals surface area contributed by atoms with E-state index in [9.17, 15) is 4.79 Å². The predicted octanol–water partition coefficient (Wildman–Crippen LogP) is 4.64. The first kappa shape index (κ1) is 18.9. The Morgan fingerprint density at radius 3 is 2.41 bits per heavy atom. The van der Waals surface area contributed by atoms with Gasteiger partial charge in [0.2, 0.25) is 5.95 Å². The van der Waals surface area contributed by atoms with Gasteiger partial charge < -0.3 is 10.6 Å². The second-order valence-electron chi connectivity index (χ2n) is 7.74. The number of nitrogens with zero attached hydrogens (tertiary/aromatic N) is 3. The van der Waals surface area contributed by atoms with Gasteiger partial charge in [-0.2, -0.15) is 10.1 Å². The highest BCUT2D eigenvalue weighted by molar-refractivity contribution is 6.06. The third-order valence-electron chi connectivity index (χ3n) is 5.27. The van der Waals surface area contributed by atoms with Crippen LogP contribution in [0.1, 0.15) is 49.4 Å². The highest BCUT2D eigenvalue weighted by Crippen LogP contribution is 2.35. The van der Waals surface area contributed by atoms with Crippen LogP contribution in [-0.2, 0) is 4.79 Å². The van der Waals surface area contributed by atoms with Crippen molar-refractivity contribution in [3.63, 3.8) is 0 Å². The van der Waals surface area contributed by atoms with Crippen LogP contribution in [0.15, 0.2) is 66.1 Å². The van der Waals surface area contributed by atoms with Crippen LogP contribution in [0.2, 0.25) is 0 Å². The van der Waals surface area contributed by atoms with Crippen LogP contribution >= 0.6 is 0 Å². The lowest BCUT2D eigenvalue weighted by molar-refractivity contribution is -0.113. The molecular weight excluding hydrogens is 362 g/mol. The van der Waals surface area contributed by atoms with Crippen molar-refractivity contribution in [1.29, 1.82) is 0 Å². The Labute approximate surface area is 170 Å². The highest BCUT2D eigenvalue weighted by atomic mass is 16.1. The number of carbonyl (C=O) groups excluding carboxylic acids is 1. The minimum atomic E-state index is -0.347. The molecule has 0 saturated carbocycles. The zero-order valence-electron chi connectivity index (χ0n) is 17.1. The maximum Gasteiger partial charge on any atom is 0.255 e. The summed E-state index contributed by atoms with van der Waals surface area (Å²) < 4.78 is 1.77. The first-order chi connectivity index (χ1) is 13.9. The molecule has 0 spiro atoms. The number of carbonyl (C=O) groups is 1. The van der Waals surface area contributed by atoms with Gasteiger partial charge in [0.05, 0.1) is 5.57 Å². The van der Waals surface area contributed by atoms with Crippen LogP contribution in [0.3, 0.4) is 0 Å². The lowest BCUT2D eigenvalue weighted by Gasteiger charge is -2.29. The van der Waals surface area contributed by atoms with Crippen molar-refractivity contribution < 1.29 is 4.79 Å². The van der Waals surface area contributed by atoms with Crippen LogP contribution in [-0.4, -0.2) is 20.7 Å². The van der Waals surface area contributed by atoms with Gasteiger partial charge in [0, 0.05) is 11.4 Å². The molecule has 1 atom stereocenters. The van der Waals surface area contributed by atoms with Gasteiger partial charge in [-0.3, -0.25) is 4.79 Å². The number of rotatable bonds is 4. The largest absolute Gasteiger partial charge is 0.328 e. The van der Waals surface area contributed by atoms with E-state index in [1.54, 1.807) is 4.68 Å². The van der Waals surface area contributed by atoms with Crippen LogP contribution < -0.4 is 10.6 Å². The molecule has 1 amide bonds. The molecule has 0 fully saturated rings. The van der Waals surface area contributed by atoms with E-state index >= 15 is 0 Å². The monoisotopic (exact) mass is 387 g/mol. The molecule has 1 unspecified atom stereocenters. The molecular formula is C23H25N5O. The van der Waals surface area contributed by atoms with E-state index in [2.05, 4.69) is 58.8 Å². The van der Waals surface area contributed by atoms with Crippen molar-refractivity contribution in [2.24, 2.45) is 0 Å². The minimum Gasteiger partial charge on any atom is -0.328 e. The number of allylic oxidation sites excluding steroid dienone is 1. The molecule has 0 aliphatic carbocycles. The third kappa shape index (κ3) is 3.66. The average molecular weight is 387 g/mol. The quantitative estimate of drug-likeness (QED) is 0.684. The van der Waals surface area contributed by atoms with E-state index in [1.807, 2.05) is 38.1 Å². The fraction of sp³-hybridized carbons (Fsp3) is 0.261. The standard InChI is InChI=1S/C23H25N5O/c1-14(2)17-7-9-18(10-8-17)21-20(16(4)26-23-24-13-25-28(21)23)22(29)27-19-11-5-15(3)6-12-19/h5-14,21H,1-4H3,(H,27,29)(H,24,25,26). The Bertz CT molecular complexity index is 1060. The van der Waals surface area contributed by atoms with Crippen LogP contribution in [0, 0.1) is 6.92 Å². The Balaban J connectivity index is 1.73.